The van der Waals surface area contributed by atoms with Crippen LogP contribution in [0.5, 0.6) is 0 Å². The van der Waals surface area contributed by atoms with E-state index in [1.54, 1.807) is 11.8 Å². The molecule has 7 heteroatoms. The lowest BCUT2D eigenvalue weighted by atomic mass is 10.2. The number of nitrogens with zero attached hydrogens (tertiary/aromatic N) is 1. The van der Waals surface area contributed by atoms with Gasteiger partial charge < -0.3 is 10.2 Å². The number of hydrogen-bond donors (Lipinski definition) is 1. The lowest BCUT2D eigenvalue weighted by molar-refractivity contribution is -0.132. The van der Waals surface area contributed by atoms with Gasteiger partial charge in [0.25, 0.3) is 6.43 Å². The van der Waals surface area contributed by atoms with Gasteiger partial charge in [-0.25, -0.2) is 8.78 Å². The fraction of sp³-hybridized carbons (Fsp3) is 0.889. The van der Waals surface area contributed by atoms with E-state index in [2.05, 4.69) is 5.32 Å². The second-order valence-corrected chi connectivity index (χ2v) is 4.75. The summed E-state index contributed by atoms with van der Waals surface area (Å²) in [4.78, 5) is 12.6. The maximum atomic E-state index is 12.0. The molecule has 1 atom stereocenters. The summed E-state index contributed by atoms with van der Waals surface area (Å²) in [6, 6.07) is 0.136. The third-order valence-corrected chi connectivity index (χ3v) is 3.39. The van der Waals surface area contributed by atoms with Gasteiger partial charge in [-0.05, 0) is 0 Å². The van der Waals surface area contributed by atoms with Gasteiger partial charge in [-0.15, -0.1) is 12.4 Å². The molecule has 0 aliphatic carbocycles. The highest BCUT2D eigenvalue weighted by atomic mass is 35.5. The maximum Gasteiger partial charge on any atom is 0.255 e. The first-order chi connectivity index (χ1) is 7.09. The quantitative estimate of drug-likeness (QED) is 0.837. The smallest absolute Gasteiger partial charge is 0.255 e. The summed E-state index contributed by atoms with van der Waals surface area (Å²) < 4.78 is 24.0. The molecular formula is C9H17ClF2N2OS. The third kappa shape index (κ3) is 5.86. The number of hydrogen-bond acceptors (Lipinski definition) is 3. The van der Waals surface area contributed by atoms with Crippen LogP contribution < -0.4 is 5.32 Å². The van der Waals surface area contributed by atoms with Crippen molar-refractivity contribution in [3.63, 3.8) is 0 Å². The number of amides is 1. The standard InChI is InChI=1S/C9H16F2N2OS.ClH/c1-13(5-8(10)11)9(14)4-7-6-15-3-2-12-7;/h7-8,12H,2-6H2,1H3;1H. The van der Waals surface area contributed by atoms with E-state index in [1.165, 1.54) is 7.05 Å². The van der Waals surface area contributed by atoms with Crippen LogP contribution in [0.4, 0.5) is 8.78 Å². The molecule has 0 radical (unpaired) electrons. The fourth-order valence-electron chi connectivity index (χ4n) is 1.43. The Morgan fingerprint density at radius 3 is 2.81 bits per heavy atom. The number of thioether (sulfide) groups is 1. The van der Waals surface area contributed by atoms with Crippen molar-refractivity contribution in [3.8, 4) is 0 Å². The predicted molar refractivity (Wildman–Crippen MR) is 64.6 cm³/mol. The Balaban J connectivity index is 0.00000225. The highest BCUT2D eigenvalue weighted by molar-refractivity contribution is 7.99. The number of halogens is 3. The van der Waals surface area contributed by atoms with Crippen LogP contribution in [0.15, 0.2) is 0 Å². The van der Waals surface area contributed by atoms with Gasteiger partial charge in [-0.2, -0.15) is 11.8 Å². The molecule has 0 aromatic heterocycles. The molecule has 0 spiro atoms. The second-order valence-electron chi connectivity index (χ2n) is 3.60. The molecule has 1 rings (SSSR count). The van der Waals surface area contributed by atoms with Crippen molar-refractivity contribution in [1.82, 2.24) is 10.2 Å². The van der Waals surface area contributed by atoms with Gasteiger partial charge in [0.05, 0.1) is 6.54 Å². The summed E-state index contributed by atoms with van der Waals surface area (Å²) in [5.74, 6) is 1.72. The van der Waals surface area contributed by atoms with E-state index in [0.717, 1.165) is 23.0 Å². The number of carbonyl (C=O) groups excluding carboxylic acids is 1. The molecule has 1 aliphatic heterocycles. The number of alkyl halides is 2. The minimum absolute atomic E-state index is 0. The Kier molecular flexibility index (Phi) is 8.05. The largest absolute Gasteiger partial charge is 0.340 e. The van der Waals surface area contributed by atoms with Crippen LogP contribution in [0.25, 0.3) is 0 Å². The zero-order chi connectivity index (χ0) is 11.3. The number of carbonyl (C=O) groups is 1. The van der Waals surface area contributed by atoms with Crippen molar-refractivity contribution in [3.05, 3.63) is 0 Å². The van der Waals surface area contributed by atoms with Crippen molar-refractivity contribution in [2.45, 2.75) is 18.9 Å². The number of rotatable bonds is 4. The van der Waals surface area contributed by atoms with Crippen LogP contribution in [-0.2, 0) is 4.79 Å². The summed E-state index contributed by atoms with van der Waals surface area (Å²) in [5.41, 5.74) is 0. The van der Waals surface area contributed by atoms with Gasteiger partial charge in [0, 0.05) is 37.6 Å². The van der Waals surface area contributed by atoms with E-state index in [-0.39, 0.29) is 24.4 Å². The normalized spacial score (nSPS) is 20.4. The summed E-state index contributed by atoms with van der Waals surface area (Å²) in [6.07, 6.45) is -2.14. The van der Waals surface area contributed by atoms with Crippen molar-refractivity contribution in [2.75, 3.05) is 31.6 Å². The van der Waals surface area contributed by atoms with E-state index < -0.39 is 13.0 Å². The fourth-order valence-corrected chi connectivity index (χ4v) is 2.38. The number of nitrogens with one attached hydrogen (secondary N) is 1. The molecule has 0 aromatic rings. The first kappa shape index (κ1) is 15.9. The molecule has 1 saturated heterocycles. The third-order valence-electron chi connectivity index (χ3n) is 2.26. The zero-order valence-electron chi connectivity index (χ0n) is 9.12. The highest BCUT2D eigenvalue weighted by Gasteiger charge is 2.20. The van der Waals surface area contributed by atoms with Crippen LogP contribution in [0.3, 0.4) is 0 Å². The highest BCUT2D eigenvalue weighted by Crippen LogP contribution is 2.11. The average molecular weight is 275 g/mol. The lowest BCUT2D eigenvalue weighted by Crippen LogP contribution is -2.42. The van der Waals surface area contributed by atoms with Crippen molar-refractivity contribution in [2.24, 2.45) is 0 Å². The molecule has 0 aromatic carbocycles. The Morgan fingerprint density at radius 1 is 1.62 bits per heavy atom. The van der Waals surface area contributed by atoms with Gasteiger partial charge >= 0.3 is 0 Å². The SMILES string of the molecule is CN(CC(F)F)C(=O)CC1CSCCN1.Cl. The molecule has 1 unspecified atom stereocenters. The van der Waals surface area contributed by atoms with E-state index in [9.17, 15) is 13.6 Å². The topological polar surface area (TPSA) is 32.3 Å². The first-order valence-corrected chi connectivity index (χ1v) is 6.08. The Morgan fingerprint density at radius 2 is 2.31 bits per heavy atom. The Labute approximate surface area is 105 Å². The molecule has 1 N–H and O–H groups in total. The van der Waals surface area contributed by atoms with Crippen LogP contribution >= 0.6 is 24.2 Å². The molecule has 1 aliphatic rings. The first-order valence-electron chi connectivity index (χ1n) is 4.93. The van der Waals surface area contributed by atoms with Crippen LogP contribution in [0.2, 0.25) is 0 Å². The summed E-state index contributed by atoms with van der Waals surface area (Å²) in [5, 5.41) is 3.20. The Hall–Kier alpha value is -0.0700. The lowest BCUT2D eigenvalue weighted by Gasteiger charge is -2.25. The van der Waals surface area contributed by atoms with Gasteiger partial charge in [0.2, 0.25) is 5.91 Å². The second kappa shape index (κ2) is 8.08. The van der Waals surface area contributed by atoms with Crippen molar-refractivity contribution >= 4 is 30.1 Å². The summed E-state index contributed by atoms with van der Waals surface area (Å²) in [7, 11) is 1.42. The van der Waals surface area contributed by atoms with E-state index in [1.807, 2.05) is 0 Å². The van der Waals surface area contributed by atoms with Crippen LogP contribution in [0, 0.1) is 0 Å². The molecule has 16 heavy (non-hydrogen) atoms. The molecule has 0 saturated carbocycles. The predicted octanol–water partition coefficient (Wildman–Crippen LogP) is 1.23. The van der Waals surface area contributed by atoms with Crippen molar-refractivity contribution < 1.29 is 13.6 Å². The zero-order valence-corrected chi connectivity index (χ0v) is 10.8. The van der Waals surface area contributed by atoms with E-state index >= 15 is 0 Å². The Bertz CT molecular complexity index is 216. The maximum absolute atomic E-state index is 12.0. The molecular weight excluding hydrogens is 258 g/mol. The van der Waals surface area contributed by atoms with Gasteiger partial charge in [0.1, 0.15) is 0 Å². The molecule has 96 valence electrons. The molecule has 1 amide bonds. The molecule has 3 nitrogen and oxygen atoms in total. The van der Waals surface area contributed by atoms with Gasteiger partial charge in [-0.3, -0.25) is 4.79 Å². The molecule has 1 heterocycles. The minimum atomic E-state index is -2.45. The molecule has 1 fully saturated rings. The summed E-state index contributed by atoms with van der Waals surface area (Å²) in [6.45, 7) is 0.417. The average Bonchev–Trinajstić information content (AvgIpc) is 2.18. The van der Waals surface area contributed by atoms with Gasteiger partial charge in [-0.1, -0.05) is 0 Å². The molecule has 0 bridgehead atoms. The summed E-state index contributed by atoms with van der Waals surface area (Å²) >= 11 is 1.79. The van der Waals surface area contributed by atoms with E-state index in [4.69, 9.17) is 0 Å². The van der Waals surface area contributed by atoms with E-state index in [0.29, 0.717) is 6.42 Å². The van der Waals surface area contributed by atoms with Crippen molar-refractivity contribution in [1.29, 1.82) is 0 Å². The van der Waals surface area contributed by atoms with Gasteiger partial charge in [0.15, 0.2) is 0 Å². The minimum Gasteiger partial charge on any atom is -0.340 e. The van der Waals surface area contributed by atoms with Crippen LogP contribution in [-0.4, -0.2) is 54.9 Å². The monoisotopic (exact) mass is 274 g/mol. The van der Waals surface area contributed by atoms with Crippen LogP contribution in [0.1, 0.15) is 6.42 Å².